The number of nitrogens with one attached hydrogen (secondary N) is 2. The summed E-state index contributed by atoms with van der Waals surface area (Å²) in [6.07, 6.45) is 8.01. The van der Waals surface area contributed by atoms with Crippen LogP contribution in [-0.2, 0) is 4.79 Å². The fourth-order valence-electron chi connectivity index (χ4n) is 5.32. The quantitative estimate of drug-likeness (QED) is 0.306. The lowest BCUT2D eigenvalue weighted by Gasteiger charge is -2.29. The van der Waals surface area contributed by atoms with Gasteiger partial charge in [0, 0.05) is 43.7 Å². The first kappa shape index (κ1) is 25.6. The molecule has 0 bridgehead atoms. The normalized spacial score (nSPS) is 23.2. The molecule has 1 amide bonds. The Hall–Kier alpha value is -1.06. The van der Waals surface area contributed by atoms with Crippen LogP contribution in [0.1, 0.15) is 56.6 Å². The zero-order valence-electron chi connectivity index (χ0n) is 19.1. The number of hydrogen-bond acceptors (Lipinski definition) is 3. The number of carbonyl (C=O) groups excluding carboxylic acids is 1. The monoisotopic (exact) mass is 573 g/mol. The van der Waals surface area contributed by atoms with E-state index < -0.39 is 0 Å². The Balaban J connectivity index is 0.00000289. The Morgan fingerprint density at radius 3 is 2.59 bits per heavy atom. The summed E-state index contributed by atoms with van der Waals surface area (Å²) >= 11 is 6.28. The second-order valence-corrected chi connectivity index (χ2v) is 9.60. The predicted molar refractivity (Wildman–Crippen MR) is 142 cm³/mol. The number of hydrogen-bond donors (Lipinski definition) is 2. The molecule has 4 rings (SSSR count). The van der Waals surface area contributed by atoms with Gasteiger partial charge in [0.05, 0.1) is 6.04 Å². The van der Waals surface area contributed by atoms with E-state index in [9.17, 15) is 4.79 Å². The number of amides is 1. The molecule has 32 heavy (non-hydrogen) atoms. The summed E-state index contributed by atoms with van der Waals surface area (Å²) < 4.78 is 0. The average molecular weight is 574 g/mol. The van der Waals surface area contributed by atoms with Crippen molar-refractivity contribution in [3.8, 4) is 0 Å². The average Bonchev–Trinajstić information content (AvgIpc) is 3.55. The molecule has 1 aliphatic carbocycles. The summed E-state index contributed by atoms with van der Waals surface area (Å²) in [5, 5.41) is 7.87. The van der Waals surface area contributed by atoms with Crippen LogP contribution in [0.3, 0.4) is 0 Å². The van der Waals surface area contributed by atoms with E-state index in [4.69, 9.17) is 11.6 Å². The van der Waals surface area contributed by atoms with E-state index in [1.807, 2.05) is 19.2 Å². The summed E-state index contributed by atoms with van der Waals surface area (Å²) in [6.45, 7) is 4.64. The molecule has 0 spiro atoms. The van der Waals surface area contributed by atoms with Crippen LogP contribution < -0.4 is 10.6 Å². The van der Waals surface area contributed by atoms with Gasteiger partial charge >= 0.3 is 0 Å². The third-order valence-corrected chi connectivity index (χ3v) is 7.28. The summed E-state index contributed by atoms with van der Waals surface area (Å²) in [4.78, 5) is 21.8. The van der Waals surface area contributed by atoms with Crippen LogP contribution >= 0.6 is 35.6 Å². The molecule has 8 heteroatoms. The molecule has 2 aliphatic heterocycles. The van der Waals surface area contributed by atoms with Crippen molar-refractivity contribution >= 4 is 47.4 Å². The zero-order valence-corrected chi connectivity index (χ0v) is 22.1. The Bertz CT molecular complexity index is 779. The van der Waals surface area contributed by atoms with Gasteiger partial charge in [0.15, 0.2) is 5.96 Å². The third kappa shape index (κ3) is 6.50. The van der Waals surface area contributed by atoms with Gasteiger partial charge in [-0.3, -0.25) is 14.7 Å². The van der Waals surface area contributed by atoms with Crippen molar-refractivity contribution in [2.75, 3.05) is 39.8 Å². The van der Waals surface area contributed by atoms with Crippen LogP contribution in [0.5, 0.6) is 0 Å². The van der Waals surface area contributed by atoms with E-state index in [1.165, 1.54) is 31.2 Å². The molecule has 6 nitrogen and oxygen atoms in total. The number of guanidine groups is 1. The van der Waals surface area contributed by atoms with E-state index in [0.717, 1.165) is 63.0 Å². The predicted octanol–water partition coefficient (Wildman–Crippen LogP) is 4.05. The number of nitrogens with zero attached hydrogens (tertiary/aromatic N) is 3. The third-order valence-electron chi connectivity index (χ3n) is 7.05. The van der Waals surface area contributed by atoms with Crippen LogP contribution in [0.15, 0.2) is 29.3 Å². The zero-order chi connectivity index (χ0) is 21.6. The first-order chi connectivity index (χ1) is 15.1. The molecule has 1 saturated carbocycles. The Kier molecular flexibility index (Phi) is 9.92. The van der Waals surface area contributed by atoms with Gasteiger partial charge in [-0.25, -0.2) is 0 Å². The first-order valence-electron chi connectivity index (χ1n) is 11.9. The molecular weight excluding hydrogens is 537 g/mol. The lowest BCUT2D eigenvalue weighted by Crippen LogP contribution is -2.47. The SMILES string of the molecule is CN=C(NCC(c1cccc(Cl)c1)N1CCCC1)NC1CCN(C(=O)C2CCCC2)C1.I. The molecule has 0 aromatic heterocycles. The van der Waals surface area contributed by atoms with Gasteiger partial charge in [0.1, 0.15) is 0 Å². The lowest BCUT2D eigenvalue weighted by atomic mass is 10.1. The number of benzene rings is 1. The highest BCUT2D eigenvalue weighted by Crippen LogP contribution is 2.28. The van der Waals surface area contributed by atoms with Crippen LogP contribution in [0.4, 0.5) is 0 Å². The number of carbonyl (C=O) groups is 1. The molecule has 1 aromatic rings. The highest BCUT2D eigenvalue weighted by molar-refractivity contribution is 14.0. The minimum absolute atomic E-state index is 0. The van der Waals surface area contributed by atoms with Crippen LogP contribution in [0, 0.1) is 5.92 Å². The Morgan fingerprint density at radius 1 is 1.16 bits per heavy atom. The Morgan fingerprint density at radius 2 is 1.91 bits per heavy atom. The van der Waals surface area contributed by atoms with Crippen molar-refractivity contribution < 1.29 is 4.79 Å². The maximum absolute atomic E-state index is 12.7. The van der Waals surface area contributed by atoms with Gasteiger partial charge < -0.3 is 15.5 Å². The number of halogens is 2. The molecule has 1 aromatic carbocycles. The minimum Gasteiger partial charge on any atom is -0.354 e. The summed E-state index contributed by atoms with van der Waals surface area (Å²) in [7, 11) is 1.82. The molecule has 0 radical (unpaired) electrons. The fraction of sp³-hybridized carbons (Fsp3) is 0.667. The maximum atomic E-state index is 12.7. The molecule has 3 aliphatic rings. The lowest BCUT2D eigenvalue weighted by molar-refractivity contribution is -0.134. The number of rotatable bonds is 6. The van der Waals surface area contributed by atoms with E-state index in [-0.39, 0.29) is 42.0 Å². The number of aliphatic imine (C=N–C) groups is 1. The van der Waals surface area contributed by atoms with E-state index >= 15 is 0 Å². The van der Waals surface area contributed by atoms with Crippen molar-refractivity contribution in [2.45, 2.75) is 57.0 Å². The topological polar surface area (TPSA) is 60.0 Å². The van der Waals surface area contributed by atoms with Gasteiger partial charge in [-0.1, -0.05) is 36.6 Å². The highest BCUT2D eigenvalue weighted by atomic mass is 127. The van der Waals surface area contributed by atoms with E-state index in [0.29, 0.717) is 5.91 Å². The van der Waals surface area contributed by atoms with Crippen molar-refractivity contribution in [3.05, 3.63) is 34.9 Å². The van der Waals surface area contributed by atoms with Crippen molar-refractivity contribution in [1.82, 2.24) is 20.4 Å². The van der Waals surface area contributed by atoms with Crippen molar-refractivity contribution in [1.29, 1.82) is 0 Å². The van der Waals surface area contributed by atoms with Gasteiger partial charge in [-0.15, -0.1) is 24.0 Å². The molecule has 2 N–H and O–H groups in total. The van der Waals surface area contributed by atoms with Gasteiger partial charge in [0.2, 0.25) is 5.91 Å². The minimum atomic E-state index is 0. The van der Waals surface area contributed by atoms with E-state index in [2.05, 4.69) is 37.6 Å². The second kappa shape index (κ2) is 12.4. The van der Waals surface area contributed by atoms with Crippen LogP contribution in [0.25, 0.3) is 0 Å². The van der Waals surface area contributed by atoms with Crippen molar-refractivity contribution in [2.24, 2.45) is 10.9 Å². The van der Waals surface area contributed by atoms with Gasteiger partial charge in [0.25, 0.3) is 0 Å². The number of likely N-dealkylation sites (tertiary alicyclic amines) is 2. The molecule has 178 valence electrons. The molecule has 2 saturated heterocycles. The summed E-state index contributed by atoms with van der Waals surface area (Å²) in [5.41, 5.74) is 1.24. The first-order valence-corrected chi connectivity index (χ1v) is 12.3. The maximum Gasteiger partial charge on any atom is 0.225 e. The second-order valence-electron chi connectivity index (χ2n) is 9.16. The van der Waals surface area contributed by atoms with Crippen LogP contribution in [-0.4, -0.2) is 67.5 Å². The molecular formula is C24H37ClIN5O. The van der Waals surface area contributed by atoms with Crippen molar-refractivity contribution in [3.63, 3.8) is 0 Å². The molecule has 3 fully saturated rings. The van der Waals surface area contributed by atoms with Gasteiger partial charge in [-0.05, 0) is 62.9 Å². The van der Waals surface area contributed by atoms with Crippen LogP contribution in [0.2, 0.25) is 5.02 Å². The largest absolute Gasteiger partial charge is 0.354 e. The standard InChI is InChI=1S/C24H36ClN5O.HI/c1-26-24(28-21-11-14-30(17-21)23(31)18-7-2-3-8-18)27-16-22(29-12-4-5-13-29)19-9-6-10-20(25)15-19;/h6,9-10,15,18,21-22H,2-5,7-8,11-14,16-17H2,1H3,(H2,26,27,28);1H. The fourth-order valence-corrected chi connectivity index (χ4v) is 5.51. The molecule has 2 heterocycles. The van der Waals surface area contributed by atoms with E-state index in [1.54, 1.807) is 0 Å². The van der Waals surface area contributed by atoms with Gasteiger partial charge in [-0.2, -0.15) is 0 Å². The highest BCUT2D eigenvalue weighted by Gasteiger charge is 2.32. The molecule has 2 atom stereocenters. The summed E-state index contributed by atoms with van der Waals surface area (Å²) in [6, 6.07) is 8.72. The molecule has 2 unspecified atom stereocenters. The smallest absolute Gasteiger partial charge is 0.225 e. The summed E-state index contributed by atoms with van der Waals surface area (Å²) in [5.74, 6) is 1.43. The Labute approximate surface area is 214 Å².